The molecule has 6 heteroatoms. The molecule has 0 saturated heterocycles. The van der Waals surface area contributed by atoms with Gasteiger partial charge in [-0.25, -0.2) is 0 Å². The highest BCUT2D eigenvalue weighted by Gasteiger charge is 2.30. The molecular formula is C14H9F3N2O. The summed E-state index contributed by atoms with van der Waals surface area (Å²) in [7, 11) is 0. The average Bonchev–Trinajstić information content (AvgIpc) is 2.80. The molecule has 1 aromatic heterocycles. The highest BCUT2D eigenvalue weighted by Crippen LogP contribution is 2.32. The minimum Gasteiger partial charge on any atom is -0.426 e. The first-order valence-electron chi connectivity index (χ1n) is 5.82. The number of imidazole rings is 1. The number of fused-ring (bicyclic) bond motifs is 1. The fourth-order valence-corrected chi connectivity index (χ4v) is 1.83. The van der Waals surface area contributed by atoms with Crippen molar-refractivity contribution in [2.75, 3.05) is 0 Å². The van der Waals surface area contributed by atoms with Crippen molar-refractivity contribution < 1.29 is 17.9 Å². The summed E-state index contributed by atoms with van der Waals surface area (Å²) in [6, 6.07) is 12.1. The van der Waals surface area contributed by atoms with Gasteiger partial charge in [0, 0.05) is 0 Å². The minimum absolute atomic E-state index is 0.0823. The number of hydrogen-bond acceptors (Lipinski definition) is 2. The van der Waals surface area contributed by atoms with Gasteiger partial charge in [0.2, 0.25) is 0 Å². The average molecular weight is 278 g/mol. The van der Waals surface area contributed by atoms with E-state index >= 15 is 0 Å². The zero-order valence-corrected chi connectivity index (χ0v) is 10.1. The summed E-state index contributed by atoms with van der Waals surface area (Å²) in [5.74, 6) is 0.0823. The zero-order chi connectivity index (χ0) is 14.2. The molecule has 0 fully saturated rings. The molecule has 0 saturated carbocycles. The number of alkyl halides is 3. The lowest BCUT2D eigenvalue weighted by Gasteiger charge is -2.08. The molecule has 0 unspecified atom stereocenters. The fourth-order valence-electron chi connectivity index (χ4n) is 1.83. The smallest absolute Gasteiger partial charge is 0.416 e. The maximum Gasteiger partial charge on any atom is 0.416 e. The molecule has 1 heterocycles. The molecule has 0 spiro atoms. The number of benzene rings is 2. The van der Waals surface area contributed by atoms with Gasteiger partial charge in [-0.15, -0.1) is 0 Å². The third kappa shape index (κ3) is 2.45. The van der Waals surface area contributed by atoms with Crippen LogP contribution in [0.5, 0.6) is 11.8 Å². The van der Waals surface area contributed by atoms with E-state index in [4.69, 9.17) is 4.74 Å². The largest absolute Gasteiger partial charge is 0.426 e. The molecule has 0 aliphatic rings. The Bertz CT molecular complexity index is 716. The van der Waals surface area contributed by atoms with Crippen molar-refractivity contribution in [3.8, 4) is 11.8 Å². The summed E-state index contributed by atoms with van der Waals surface area (Å²) in [6.45, 7) is 0. The minimum atomic E-state index is -4.40. The van der Waals surface area contributed by atoms with E-state index in [0.717, 1.165) is 17.6 Å². The van der Waals surface area contributed by atoms with Crippen LogP contribution in [0.3, 0.4) is 0 Å². The van der Waals surface area contributed by atoms with Gasteiger partial charge >= 0.3 is 6.18 Å². The van der Waals surface area contributed by atoms with Crippen LogP contribution in [-0.2, 0) is 6.18 Å². The van der Waals surface area contributed by atoms with E-state index in [1.54, 1.807) is 12.1 Å². The van der Waals surface area contributed by atoms with Gasteiger partial charge in [0.05, 0.1) is 16.6 Å². The standard InChI is InChI=1S/C14H9F3N2O/c15-14(16,17)9-4-3-5-10(8-9)20-13-18-11-6-1-2-7-12(11)19-13/h1-8H,(H,18,19). The number of nitrogens with zero attached hydrogens (tertiary/aromatic N) is 1. The van der Waals surface area contributed by atoms with Crippen LogP contribution < -0.4 is 4.74 Å². The maximum absolute atomic E-state index is 12.6. The molecular weight excluding hydrogens is 269 g/mol. The van der Waals surface area contributed by atoms with Crippen LogP contribution >= 0.6 is 0 Å². The number of hydrogen-bond donors (Lipinski definition) is 1. The fraction of sp³-hybridized carbons (Fsp3) is 0.0714. The third-order valence-electron chi connectivity index (χ3n) is 2.74. The highest BCUT2D eigenvalue weighted by atomic mass is 19.4. The molecule has 0 bridgehead atoms. The summed E-state index contributed by atoms with van der Waals surface area (Å²) < 4.78 is 43.1. The van der Waals surface area contributed by atoms with Crippen molar-refractivity contribution in [2.45, 2.75) is 6.18 Å². The quantitative estimate of drug-likeness (QED) is 0.755. The summed E-state index contributed by atoms with van der Waals surface area (Å²) in [4.78, 5) is 7.03. The Hall–Kier alpha value is -2.50. The van der Waals surface area contributed by atoms with Gasteiger partial charge in [-0.05, 0) is 30.3 Å². The molecule has 0 aliphatic carbocycles. The van der Waals surface area contributed by atoms with E-state index in [0.29, 0.717) is 5.52 Å². The first-order valence-corrected chi connectivity index (χ1v) is 5.82. The van der Waals surface area contributed by atoms with Crippen molar-refractivity contribution >= 4 is 11.0 Å². The second kappa shape index (κ2) is 4.56. The summed E-state index contributed by atoms with van der Waals surface area (Å²) in [5.41, 5.74) is 0.690. The summed E-state index contributed by atoms with van der Waals surface area (Å²) in [6.07, 6.45) is -4.40. The molecule has 3 aromatic rings. The Labute approximate surface area is 112 Å². The molecule has 0 atom stereocenters. The van der Waals surface area contributed by atoms with E-state index in [9.17, 15) is 13.2 Å². The molecule has 3 nitrogen and oxygen atoms in total. The first kappa shape index (κ1) is 12.5. The number of ether oxygens (including phenoxy) is 1. The Morgan fingerprint density at radius 2 is 1.80 bits per heavy atom. The lowest BCUT2D eigenvalue weighted by atomic mass is 10.2. The van der Waals surface area contributed by atoms with Crippen LogP contribution in [0.2, 0.25) is 0 Å². The maximum atomic E-state index is 12.6. The van der Waals surface area contributed by atoms with E-state index < -0.39 is 11.7 Å². The lowest BCUT2D eigenvalue weighted by Crippen LogP contribution is -2.04. The first-order chi connectivity index (χ1) is 9.52. The predicted molar refractivity (Wildman–Crippen MR) is 67.6 cm³/mol. The van der Waals surface area contributed by atoms with Gasteiger partial charge in [-0.1, -0.05) is 18.2 Å². The Morgan fingerprint density at radius 1 is 1.00 bits per heavy atom. The van der Waals surface area contributed by atoms with E-state index in [-0.39, 0.29) is 11.8 Å². The Morgan fingerprint density at radius 3 is 2.55 bits per heavy atom. The van der Waals surface area contributed by atoms with E-state index in [2.05, 4.69) is 9.97 Å². The van der Waals surface area contributed by atoms with E-state index in [1.165, 1.54) is 12.1 Å². The molecule has 1 N–H and O–H groups in total. The second-order valence-corrected chi connectivity index (χ2v) is 4.19. The number of halogens is 3. The van der Waals surface area contributed by atoms with Gasteiger partial charge in [0.1, 0.15) is 5.75 Å². The van der Waals surface area contributed by atoms with Crippen LogP contribution in [0.4, 0.5) is 13.2 Å². The Balaban J connectivity index is 1.91. The van der Waals surface area contributed by atoms with Gasteiger partial charge in [-0.3, -0.25) is 0 Å². The summed E-state index contributed by atoms with van der Waals surface area (Å²) >= 11 is 0. The molecule has 0 radical (unpaired) electrons. The van der Waals surface area contributed by atoms with Crippen LogP contribution in [-0.4, -0.2) is 9.97 Å². The summed E-state index contributed by atoms with van der Waals surface area (Å²) in [5, 5.41) is 0. The number of rotatable bonds is 2. The number of nitrogens with one attached hydrogen (secondary N) is 1. The number of aromatic amines is 1. The van der Waals surface area contributed by atoms with Gasteiger partial charge in [0.15, 0.2) is 0 Å². The van der Waals surface area contributed by atoms with Crippen molar-refractivity contribution in [2.24, 2.45) is 0 Å². The topological polar surface area (TPSA) is 37.9 Å². The number of para-hydroxylation sites is 2. The van der Waals surface area contributed by atoms with Crippen LogP contribution in [0.15, 0.2) is 48.5 Å². The normalized spacial score (nSPS) is 11.8. The highest BCUT2D eigenvalue weighted by molar-refractivity contribution is 5.75. The van der Waals surface area contributed by atoms with Gasteiger partial charge in [0.25, 0.3) is 6.01 Å². The SMILES string of the molecule is FC(F)(F)c1cccc(Oc2nc3ccccc3[nH]2)c1. The van der Waals surface area contributed by atoms with Crippen LogP contribution in [0, 0.1) is 0 Å². The van der Waals surface area contributed by atoms with Crippen molar-refractivity contribution in [3.63, 3.8) is 0 Å². The van der Waals surface area contributed by atoms with Crippen molar-refractivity contribution in [3.05, 3.63) is 54.1 Å². The molecule has 0 aliphatic heterocycles. The lowest BCUT2D eigenvalue weighted by molar-refractivity contribution is -0.137. The van der Waals surface area contributed by atoms with Crippen LogP contribution in [0.25, 0.3) is 11.0 Å². The van der Waals surface area contributed by atoms with Crippen molar-refractivity contribution in [1.29, 1.82) is 0 Å². The number of H-pyrrole nitrogens is 1. The molecule has 0 amide bonds. The third-order valence-corrected chi connectivity index (χ3v) is 2.74. The molecule has 20 heavy (non-hydrogen) atoms. The second-order valence-electron chi connectivity index (χ2n) is 4.19. The molecule has 102 valence electrons. The van der Waals surface area contributed by atoms with E-state index in [1.807, 2.05) is 12.1 Å². The Kier molecular flexibility index (Phi) is 2.85. The van der Waals surface area contributed by atoms with Crippen molar-refractivity contribution in [1.82, 2.24) is 9.97 Å². The molecule has 2 aromatic carbocycles. The zero-order valence-electron chi connectivity index (χ0n) is 10.1. The van der Waals surface area contributed by atoms with Gasteiger partial charge < -0.3 is 9.72 Å². The number of aromatic nitrogens is 2. The van der Waals surface area contributed by atoms with Gasteiger partial charge in [-0.2, -0.15) is 18.2 Å². The predicted octanol–water partition coefficient (Wildman–Crippen LogP) is 4.37. The molecule has 3 rings (SSSR count). The van der Waals surface area contributed by atoms with Crippen LogP contribution in [0.1, 0.15) is 5.56 Å². The monoisotopic (exact) mass is 278 g/mol.